The second-order valence-corrected chi connectivity index (χ2v) is 4.94. The normalized spacial score (nSPS) is 13.2. The molecule has 0 saturated heterocycles. The molecule has 1 aliphatic heterocycles. The molecule has 0 spiro atoms. The van der Waals surface area contributed by atoms with Crippen molar-refractivity contribution in [3.8, 4) is 5.75 Å². The maximum absolute atomic E-state index is 5.38. The van der Waals surface area contributed by atoms with E-state index in [1.54, 1.807) is 7.11 Å². The van der Waals surface area contributed by atoms with Crippen molar-refractivity contribution in [1.29, 1.82) is 0 Å². The van der Waals surface area contributed by atoms with Gasteiger partial charge >= 0.3 is 0 Å². The Morgan fingerprint density at radius 2 is 2.15 bits per heavy atom. The number of nitrogens with zero attached hydrogens (tertiary/aromatic N) is 1. The van der Waals surface area contributed by atoms with Crippen LogP contribution in [0.5, 0.6) is 5.75 Å². The van der Waals surface area contributed by atoms with Crippen molar-refractivity contribution in [2.24, 2.45) is 0 Å². The van der Waals surface area contributed by atoms with Crippen LogP contribution >= 0.6 is 0 Å². The Bertz CT molecular complexity index is 673. The van der Waals surface area contributed by atoms with Crippen LogP contribution in [-0.2, 0) is 6.54 Å². The van der Waals surface area contributed by atoms with E-state index in [0.717, 1.165) is 35.2 Å². The summed E-state index contributed by atoms with van der Waals surface area (Å²) in [7, 11) is 1.70. The highest BCUT2D eigenvalue weighted by molar-refractivity contribution is 5.67. The molecular weight excluding hydrogens is 252 g/mol. The van der Waals surface area contributed by atoms with Gasteiger partial charge < -0.3 is 15.4 Å². The van der Waals surface area contributed by atoms with E-state index >= 15 is 0 Å². The highest BCUT2D eigenvalue weighted by atomic mass is 16.5. The van der Waals surface area contributed by atoms with Crippen LogP contribution in [0.1, 0.15) is 22.4 Å². The van der Waals surface area contributed by atoms with Crippen LogP contribution in [0.4, 0.5) is 5.82 Å². The minimum Gasteiger partial charge on any atom is -0.496 e. The van der Waals surface area contributed by atoms with Gasteiger partial charge in [0, 0.05) is 18.3 Å². The summed E-state index contributed by atoms with van der Waals surface area (Å²) >= 11 is 0. The monoisotopic (exact) mass is 270 g/mol. The fraction of sp³-hybridized carbons (Fsp3) is 0.267. The molecule has 0 amide bonds. The molecule has 5 heteroatoms. The molecule has 0 unspecified atom stereocenters. The van der Waals surface area contributed by atoms with Gasteiger partial charge in [-0.2, -0.15) is 5.10 Å². The van der Waals surface area contributed by atoms with E-state index in [0.29, 0.717) is 0 Å². The van der Waals surface area contributed by atoms with Gasteiger partial charge in [0.1, 0.15) is 11.6 Å². The van der Waals surface area contributed by atoms with Crippen molar-refractivity contribution in [2.75, 3.05) is 12.4 Å². The standard InChI is InChI=1S/C15H18N4O/c1-9-6-15(19-18-9)17-14-7-12-10(2)13(20-3)5-4-11(12)8-16-14/h4-7,16H,8H2,1-3H3,(H2,17,18,19). The minimum atomic E-state index is 0.794. The van der Waals surface area contributed by atoms with Gasteiger partial charge in [0.15, 0.2) is 5.82 Å². The van der Waals surface area contributed by atoms with Crippen molar-refractivity contribution in [3.63, 3.8) is 0 Å². The number of methoxy groups -OCH3 is 1. The molecular formula is C15H18N4O. The lowest BCUT2D eigenvalue weighted by Crippen LogP contribution is -2.23. The first kappa shape index (κ1) is 12.6. The van der Waals surface area contributed by atoms with Crippen LogP contribution in [0.15, 0.2) is 24.0 Å². The quantitative estimate of drug-likeness (QED) is 0.802. The van der Waals surface area contributed by atoms with Crippen LogP contribution < -0.4 is 15.4 Å². The summed E-state index contributed by atoms with van der Waals surface area (Å²) in [6.07, 6.45) is 2.10. The maximum atomic E-state index is 5.38. The van der Waals surface area contributed by atoms with E-state index in [9.17, 15) is 0 Å². The topological polar surface area (TPSA) is 62.0 Å². The first-order chi connectivity index (χ1) is 9.67. The smallest absolute Gasteiger partial charge is 0.153 e. The molecule has 104 valence electrons. The zero-order valence-electron chi connectivity index (χ0n) is 11.9. The lowest BCUT2D eigenvalue weighted by atomic mass is 9.98. The van der Waals surface area contributed by atoms with Gasteiger partial charge in [0.2, 0.25) is 0 Å². The minimum absolute atomic E-state index is 0.794. The molecule has 20 heavy (non-hydrogen) atoms. The molecule has 2 heterocycles. The van der Waals surface area contributed by atoms with Crippen LogP contribution in [0.2, 0.25) is 0 Å². The molecule has 0 fully saturated rings. The Morgan fingerprint density at radius 3 is 2.85 bits per heavy atom. The lowest BCUT2D eigenvalue weighted by Gasteiger charge is -2.21. The van der Waals surface area contributed by atoms with Crippen molar-refractivity contribution in [3.05, 3.63) is 46.4 Å². The number of aryl methyl sites for hydroxylation is 1. The number of hydrogen-bond acceptors (Lipinski definition) is 4. The molecule has 0 atom stereocenters. The second-order valence-electron chi connectivity index (χ2n) is 4.94. The number of hydrogen-bond donors (Lipinski definition) is 3. The molecule has 3 rings (SSSR count). The lowest BCUT2D eigenvalue weighted by molar-refractivity contribution is 0.411. The summed E-state index contributed by atoms with van der Waals surface area (Å²) in [6, 6.07) is 6.08. The number of H-pyrrole nitrogens is 1. The summed E-state index contributed by atoms with van der Waals surface area (Å²) in [6.45, 7) is 4.85. The van der Waals surface area contributed by atoms with Crippen LogP contribution in [0.25, 0.3) is 6.08 Å². The van der Waals surface area contributed by atoms with E-state index in [1.165, 1.54) is 11.1 Å². The van der Waals surface area contributed by atoms with Crippen LogP contribution in [-0.4, -0.2) is 17.3 Å². The number of aromatic amines is 1. The predicted molar refractivity (Wildman–Crippen MR) is 79.5 cm³/mol. The third kappa shape index (κ3) is 2.22. The van der Waals surface area contributed by atoms with Crippen molar-refractivity contribution >= 4 is 11.9 Å². The third-order valence-electron chi connectivity index (χ3n) is 3.50. The highest BCUT2D eigenvalue weighted by Gasteiger charge is 2.14. The molecule has 0 saturated carbocycles. The van der Waals surface area contributed by atoms with Crippen molar-refractivity contribution < 1.29 is 4.74 Å². The van der Waals surface area contributed by atoms with E-state index in [-0.39, 0.29) is 0 Å². The summed E-state index contributed by atoms with van der Waals surface area (Å²) in [5.41, 5.74) is 4.66. The summed E-state index contributed by atoms with van der Waals surface area (Å²) in [5.74, 6) is 2.67. The molecule has 1 aromatic carbocycles. The highest BCUT2D eigenvalue weighted by Crippen LogP contribution is 2.28. The molecule has 0 radical (unpaired) electrons. The number of benzene rings is 1. The average molecular weight is 270 g/mol. The largest absolute Gasteiger partial charge is 0.496 e. The number of ether oxygens (including phenoxy) is 1. The first-order valence-electron chi connectivity index (χ1n) is 6.58. The van der Waals surface area contributed by atoms with E-state index in [1.807, 2.05) is 19.1 Å². The fourth-order valence-corrected chi connectivity index (χ4v) is 2.43. The molecule has 0 bridgehead atoms. The average Bonchev–Trinajstić information content (AvgIpc) is 2.85. The van der Waals surface area contributed by atoms with Gasteiger partial charge in [0.25, 0.3) is 0 Å². The maximum Gasteiger partial charge on any atom is 0.153 e. The van der Waals surface area contributed by atoms with Gasteiger partial charge in [0.05, 0.1) is 7.11 Å². The van der Waals surface area contributed by atoms with E-state index in [4.69, 9.17) is 4.74 Å². The van der Waals surface area contributed by atoms with Crippen molar-refractivity contribution in [1.82, 2.24) is 15.5 Å². The van der Waals surface area contributed by atoms with Crippen LogP contribution in [0, 0.1) is 13.8 Å². The number of nitrogens with one attached hydrogen (secondary N) is 3. The Kier molecular flexibility index (Phi) is 3.10. The Morgan fingerprint density at radius 1 is 1.30 bits per heavy atom. The van der Waals surface area contributed by atoms with Crippen LogP contribution in [0.3, 0.4) is 0 Å². The van der Waals surface area contributed by atoms with Gasteiger partial charge in [-0.25, -0.2) is 0 Å². The summed E-state index contributed by atoms with van der Waals surface area (Å²) in [4.78, 5) is 0. The molecule has 1 aliphatic rings. The predicted octanol–water partition coefficient (Wildman–Crippen LogP) is 2.55. The Labute approximate surface area is 118 Å². The number of aromatic nitrogens is 2. The first-order valence-corrected chi connectivity index (χ1v) is 6.58. The SMILES string of the molecule is COc1ccc2c(c1C)C=C(Nc1cc(C)[nH]n1)NC2. The Hall–Kier alpha value is -2.43. The molecule has 5 nitrogen and oxygen atoms in total. The van der Waals surface area contributed by atoms with Gasteiger partial charge in [-0.3, -0.25) is 5.10 Å². The second kappa shape index (κ2) is 4.92. The number of fused-ring (bicyclic) bond motifs is 1. The zero-order valence-corrected chi connectivity index (χ0v) is 11.9. The molecule has 1 aromatic heterocycles. The van der Waals surface area contributed by atoms with Gasteiger partial charge in [-0.15, -0.1) is 0 Å². The summed E-state index contributed by atoms with van der Waals surface area (Å²) < 4.78 is 5.38. The van der Waals surface area contributed by atoms with Gasteiger partial charge in [-0.1, -0.05) is 6.07 Å². The van der Waals surface area contributed by atoms with E-state index < -0.39 is 0 Å². The molecule has 3 N–H and O–H groups in total. The summed E-state index contributed by atoms with van der Waals surface area (Å²) in [5, 5.41) is 13.7. The third-order valence-corrected chi connectivity index (χ3v) is 3.50. The zero-order chi connectivity index (χ0) is 14.1. The fourth-order valence-electron chi connectivity index (χ4n) is 2.43. The molecule has 0 aliphatic carbocycles. The van der Waals surface area contributed by atoms with Gasteiger partial charge in [-0.05, 0) is 42.7 Å². The Balaban J connectivity index is 1.92. The van der Waals surface area contributed by atoms with Crippen molar-refractivity contribution in [2.45, 2.75) is 20.4 Å². The van der Waals surface area contributed by atoms with E-state index in [2.05, 4.69) is 39.9 Å². The number of rotatable bonds is 3. The number of anilines is 1. The molecule has 2 aromatic rings.